The van der Waals surface area contributed by atoms with Crippen LogP contribution in [-0.4, -0.2) is 57.1 Å². The summed E-state index contributed by atoms with van der Waals surface area (Å²) in [5.74, 6) is -0.401. The molecule has 2 amide bonds. The molecule has 0 saturated carbocycles. The average Bonchev–Trinajstić information content (AvgIpc) is 2.78. The van der Waals surface area contributed by atoms with Gasteiger partial charge in [-0.05, 0) is 56.9 Å². The van der Waals surface area contributed by atoms with E-state index < -0.39 is 16.1 Å². The van der Waals surface area contributed by atoms with Gasteiger partial charge in [0.1, 0.15) is 6.04 Å². The first-order valence-electron chi connectivity index (χ1n) is 11.4. The van der Waals surface area contributed by atoms with Crippen molar-refractivity contribution in [1.29, 1.82) is 0 Å². The van der Waals surface area contributed by atoms with Gasteiger partial charge < -0.3 is 10.2 Å². The van der Waals surface area contributed by atoms with Gasteiger partial charge in [0, 0.05) is 31.1 Å². The number of nitrogens with zero attached hydrogens (tertiary/aromatic N) is 2. The van der Waals surface area contributed by atoms with Gasteiger partial charge in [0.05, 0.1) is 11.9 Å². The van der Waals surface area contributed by atoms with Crippen LogP contribution in [0.5, 0.6) is 0 Å². The van der Waals surface area contributed by atoms with Gasteiger partial charge in [-0.1, -0.05) is 48.0 Å². The maximum absolute atomic E-state index is 13.2. The van der Waals surface area contributed by atoms with Gasteiger partial charge in [0.15, 0.2) is 0 Å². The molecule has 2 aromatic carbocycles. The van der Waals surface area contributed by atoms with Crippen molar-refractivity contribution in [3.8, 4) is 0 Å². The van der Waals surface area contributed by atoms with Gasteiger partial charge in [-0.15, -0.1) is 0 Å². The molecule has 0 bridgehead atoms. The topological polar surface area (TPSA) is 86.8 Å². The summed E-state index contributed by atoms with van der Waals surface area (Å²) in [6.07, 6.45) is 2.18. The summed E-state index contributed by atoms with van der Waals surface area (Å²) in [4.78, 5) is 27.2. The Morgan fingerprint density at radius 3 is 2.38 bits per heavy atom. The summed E-state index contributed by atoms with van der Waals surface area (Å²) in [5.41, 5.74) is 2.35. The first-order valence-corrected chi connectivity index (χ1v) is 13.6. The Bertz CT molecular complexity index is 1080. The van der Waals surface area contributed by atoms with Crippen LogP contribution in [0.15, 0.2) is 48.5 Å². The molecule has 0 aromatic heterocycles. The number of halogens is 1. The number of hydrogen-bond acceptors (Lipinski definition) is 4. The number of carbonyl (C=O) groups is 2. The maximum atomic E-state index is 13.2. The van der Waals surface area contributed by atoms with E-state index in [2.05, 4.69) is 5.32 Å². The number of likely N-dealkylation sites (N-methyl/N-ethyl adjacent to an activating group) is 1. The van der Waals surface area contributed by atoms with Crippen LogP contribution in [0.1, 0.15) is 37.8 Å². The number of nitrogens with one attached hydrogen (secondary N) is 1. The van der Waals surface area contributed by atoms with E-state index in [9.17, 15) is 18.0 Å². The highest BCUT2D eigenvalue weighted by molar-refractivity contribution is 7.92. The summed E-state index contributed by atoms with van der Waals surface area (Å²) in [7, 11) is -3.57. The van der Waals surface area contributed by atoms with Gasteiger partial charge in [-0.25, -0.2) is 8.42 Å². The van der Waals surface area contributed by atoms with Gasteiger partial charge in [-0.3, -0.25) is 13.9 Å². The molecular formula is C25H34ClN3O4S. The predicted octanol–water partition coefficient (Wildman–Crippen LogP) is 3.79. The molecule has 0 heterocycles. The summed E-state index contributed by atoms with van der Waals surface area (Å²) in [6, 6.07) is 14.2. The second kappa shape index (κ2) is 12.8. The van der Waals surface area contributed by atoms with Crippen LogP contribution in [0.2, 0.25) is 5.02 Å². The molecule has 2 rings (SSSR count). The zero-order valence-electron chi connectivity index (χ0n) is 20.3. The van der Waals surface area contributed by atoms with E-state index >= 15 is 0 Å². The maximum Gasteiger partial charge on any atom is 0.242 e. The Kier molecular flexibility index (Phi) is 10.4. The van der Waals surface area contributed by atoms with Crippen molar-refractivity contribution in [2.45, 2.75) is 46.1 Å². The van der Waals surface area contributed by atoms with Gasteiger partial charge in [0.25, 0.3) is 0 Å². The minimum absolute atomic E-state index is 0.115. The summed E-state index contributed by atoms with van der Waals surface area (Å²) >= 11 is 6.09. The highest BCUT2D eigenvalue weighted by atomic mass is 35.5. The van der Waals surface area contributed by atoms with E-state index in [1.165, 1.54) is 4.31 Å². The number of rotatable bonds is 12. The van der Waals surface area contributed by atoms with E-state index in [1.807, 2.05) is 44.2 Å². The molecule has 0 aliphatic carbocycles. The molecule has 2 aromatic rings. The van der Waals surface area contributed by atoms with E-state index in [1.54, 1.807) is 30.0 Å². The van der Waals surface area contributed by atoms with Crippen molar-refractivity contribution >= 4 is 39.1 Å². The fraction of sp³-hybridized carbons (Fsp3) is 0.440. The van der Waals surface area contributed by atoms with Crippen molar-refractivity contribution in [1.82, 2.24) is 10.2 Å². The minimum Gasteiger partial charge on any atom is -0.355 e. The lowest BCUT2D eigenvalue weighted by Crippen LogP contribution is -2.48. The smallest absolute Gasteiger partial charge is 0.242 e. The molecule has 0 fully saturated rings. The number of anilines is 1. The van der Waals surface area contributed by atoms with Crippen molar-refractivity contribution in [3.05, 3.63) is 64.7 Å². The number of aryl methyl sites for hydroxylation is 1. The highest BCUT2D eigenvalue weighted by Gasteiger charge is 2.26. The zero-order chi connectivity index (χ0) is 25.3. The van der Waals surface area contributed by atoms with Gasteiger partial charge >= 0.3 is 0 Å². The molecule has 9 heteroatoms. The lowest BCUT2D eigenvalue weighted by atomic mass is 10.1. The van der Waals surface area contributed by atoms with Crippen LogP contribution in [0.4, 0.5) is 5.69 Å². The molecule has 0 radical (unpaired) electrons. The molecule has 0 unspecified atom stereocenters. The third kappa shape index (κ3) is 8.02. The fourth-order valence-electron chi connectivity index (χ4n) is 3.73. The Hall–Kier alpha value is -2.58. The van der Waals surface area contributed by atoms with E-state index in [-0.39, 0.29) is 24.8 Å². The SMILES string of the molecule is CCNC(=O)[C@H](C)N(CCc1ccccc1)C(=O)CCCN(c1cc(Cl)ccc1C)S(C)(=O)=O. The monoisotopic (exact) mass is 507 g/mol. The predicted molar refractivity (Wildman–Crippen MR) is 138 cm³/mol. The lowest BCUT2D eigenvalue weighted by Gasteiger charge is -2.29. The Morgan fingerprint density at radius 2 is 1.76 bits per heavy atom. The number of sulfonamides is 1. The quantitative estimate of drug-likeness (QED) is 0.473. The van der Waals surface area contributed by atoms with E-state index in [4.69, 9.17) is 11.6 Å². The molecule has 7 nitrogen and oxygen atoms in total. The number of benzene rings is 2. The number of hydrogen-bond donors (Lipinski definition) is 1. The Labute approximate surface area is 208 Å². The summed E-state index contributed by atoms with van der Waals surface area (Å²) in [5, 5.41) is 3.21. The van der Waals surface area contributed by atoms with E-state index in [0.717, 1.165) is 17.4 Å². The second-order valence-electron chi connectivity index (χ2n) is 8.26. The molecule has 34 heavy (non-hydrogen) atoms. The first kappa shape index (κ1) is 27.7. The van der Waals surface area contributed by atoms with Crippen LogP contribution in [-0.2, 0) is 26.0 Å². The molecule has 0 saturated heterocycles. The number of amides is 2. The molecule has 1 atom stereocenters. The zero-order valence-corrected chi connectivity index (χ0v) is 21.8. The van der Waals surface area contributed by atoms with Crippen molar-refractivity contribution < 1.29 is 18.0 Å². The Balaban J connectivity index is 2.12. The first-order chi connectivity index (χ1) is 16.0. The molecule has 0 spiro atoms. The van der Waals surface area contributed by atoms with Crippen LogP contribution >= 0.6 is 11.6 Å². The summed E-state index contributed by atoms with van der Waals surface area (Å²) < 4.78 is 26.2. The summed E-state index contributed by atoms with van der Waals surface area (Å²) in [6.45, 7) is 6.36. The highest BCUT2D eigenvalue weighted by Crippen LogP contribution is 2.26. The van der Waals surface area contributed by atoms with Crippen LogP contribution in [0.25, 0.3) is 0 Å². The van der Waals surface area contributed by atoms with Crippen molar-refractivity contribution in [2.24, 2.45) is 0 Å². The average molecular weight is 508 g/mol. The normalized spacial score (nSPS) is 12.1. The minimum atomic E-state index is -3.57. The van der Waals surface area contributed by atoms with Gasteiger partial charge in [-0.2, -0.15) is 0 Å². The standard InChI is InChI=1S/C25H34ClN3O4S/c1-5-27-25(31)20(3)28(17-15-21-10-7-6-8-11-21)24(30)12-9-16-29(34(4,32)33)23-18-22(26)14-13-19(23)2/h6-8,10-11,13-14,18,20H,5,9,12,15-17H2,1-4H3,(H,27,31)/t20-/m0/s1. The molecule has 1 N–H and O–H groups in total. The third-order valence-corrected chi connectivity index (χ3v) is 7.01. The van der Waals surface area contributed by atoms with E-state index in [0.29, 0.717) is 36.6 Å². The molecular weight excluding hydrogens is 474 g/mol. The largest absolute Gasteiger partial charge is 0.355 e. The second-order valence-corrected chi connectivity index (χ2v) is 10.6. The lowest BCUT2D eigenvalue weighted by molar-refractivity contribution is -0.139. The van der Waals surface area contributed by atoms with Crippen molar-refractivity contribution in [3.63, 3.8) is 0 Å². The Morgan fingerprint density at radius 1 is 1.09 bits per heavy atom. The van der Waals surface area contributed by atoms with Crippen LogP contribution in [0.3, 0.4) is 0 Å². The molecule has 0 aliphatic rings. The van der Waals surface area contributed by atoms with Crippen molar-refractivity contribution in [2.75, 3.05) is 30.2 Å². The molecule has 186 valence electrons. The van der Waals surface area contributed by atoms with Gasteiger partial charge in [0.2, 0.25) is 21.8 Å². The third-order valence-electron chi connectivity index (χ3n) is 5.59. The molecule has 0 aliphatic heterocycles. The van der Waals surface area contributed by atoms with Crippen LogP contribution in [0, 0.1) is 6.92 Å². The van der Waals surface area contributed by atoms with Crippen LogP contribution < -0.4 is 9.62 Å². The fourth-order valence-corrected chi connectivity index (χ4v) is 4.91. The number of carbonyl (C=O) groups excluding carboxylic acids is 2.